The summed E-state index contributed by atoms with van der Waals surface area (Å²) >= 11 is 1.70. The number of aromatic hydroxyl groups is 1. The Morgan fingerprint density at radius 1 is 1.58 bits per heavy atom. The molecule has 0 spiro atoms. The predicted molar refractivity (Wildman–Crippen MR) is 48.0 cm³/mol. The van der Waals surface area contributed by atoms with Gasteiger partial charge in [0.2, 0.25) is 0 Å². The number of nitrogens with two attached hydrogens (primary N) is 1. The highest BCUT2D eigenvalue weighted by Crippen LogP contribution is 2.33. The van der Waals surface area contributed by atoms with Crippen molar-refractivity contribution in [1.29, 1.82) is 0 Å². The Balaban J connectivity index is 3.27. The predicted octanol–water partition coefficient (Wildman–Crippen LogP) is 1.91. The molecule has 3 N–H and O–H groups in total. The summed E-state index contributed by atoms with van der Waals surface area (Å²) in [6, 6.07) is 0. The van der Waals surface area contributed by atoms with Crippen LogP contribution in [0.4, 0.5) is 14.5 Å². The van der Waals surface area contributed by atoms with E-state index in [0.717, 1.165) is 6.20 Å². The van der Waals surface area contributed by atoms with E-state index in [1.54, 1.807) is 22.6 Å². The molecule has 0 atom stereocenters. The zero-order chi connectivity index (χ0) is 9.30. The van der Waals surface area contributed by atoms with E-state index in [9.17, 15) is 8.78 Å². The zero-order valence-electron chi connectivity index (χ0n) is 5.76. The van der Waals surface area contributed by atoms with Crippen LogP contribution in [-0.2, 0) is 0 Å². The van der Waals surface area contributed by atoms with E-state index < -0.39 is 12.0 Å². The number of aromatic nitrogens is 1. The minimum absolute atomic E-state index is 0.217. The molecule has 6 heteroatoms. The van der Waals surface area contributed by atoms with E-state index in [4.69, 9.17) is 10.8 Å². The molecule has 1 aromatic rings. The summed E-state index contributed by atoms with van der Waals surface area (Å²) < 4.78 is 24.4. The monoisotopic (exact) mass is 286 g/mol. The number of pyridine rings is 1. The molecule has 3 nitrogen and oxygen atoms in total. The Morgan fingerprint density at radius 3 is 2.67 bits per heavy atom. The molecule has 0 aliphatic heterocycles. The number of hydrogen-bond donors (Lipinski definition) is 2. The molecule has 0 aliphatic rings. The number of hydrogen-bond acceptors (Lipinski definition) is 3. The summed E-state index contributed by atoms with van der Waals surface area (Å²) in [6.45, 7) is 0. The van der Waals surface area contributed by atoms with Gasteiger partial charge in [0.15, 0.2) is 5.75 Å². The maximum Gasteiger partial charge on any atom is 0.267 e. The molecule has 1 heterocycles. The summed E-state index contributed by atoms with van der Waals surface area (Å²) in [5.74, 6) is -0.381. The van der Waals surface area contributed by atoms with Crippen LogP contribution in [0, 0.1) is 3.70 Å². The molecular weight excluding hydrogens is 281 g/mol. The number of anilines is 1. The van der Waals surface area contributed by atoms with Crippen molar-refractivity contribution < 1.29 is 13.9 Å². The lowest BCUT2D eigenvalue weighted by molar-refractivity contribution is 0.151. The van der Waals surface area contributed by atoms with Gasteiger partial charge < -0.3 is 10.8 Å². The second-order valence-corrected chi connectivity index (χ2v) is 3.09. The first-order valence-corrected chi connectivity index (χ1v) is 4.03. The molecule has 0 amide bonds. The van der Waals surface area contributed by atoms with Gasteiger partial charge in [-0.2, -0.15) is 0 Å². The Hall–Kier alpha value is -0.660. The Kier molecular flexibility index (Phi) is 2.65. The topological polar surface area (TPSA) is 59.1 Å². The van der Waals surface area contributed by atoms with E-state index in [1.165, 1.54) is 0 Å². The lowest BCUT2D eigenvalue weighted by Gasteiger charge is -2.06. The zero-order valence-corrected chi connectivity index (χ0v) is 7.92. The van der Waals surface area contributed by atoms with E-state index in [-0.39, 0.29) is 15.1 Å². The lowest BCUT2D eigenvalue weighted by Crippen LogP contribution is -1.98. The second kappa shape index (κ2) is 3.38. The fourth-order valence-electron chi connectivity index (χ4n) is 0.679. The normalized spacial score (nSPS) is 10.7. The quantitative estimate of drug-likeness (QED) is 0.612. The van der Waals surface area contributed by atoms with Gasteiger partial charge in [-0.3, -0.25) is 0 Å². The fraction of sp³-hybridized carbons (Fsp3) is 0.167. The van der Waals surface area contributed by atoms with Crippen molar-refractivity contribution in [2.24, 2.45) is 0 Å². The minimum Gasteiger partial charge on any atom is -0.504 e. The highest BCUT2D eigenvalue weighted by atomic mass is 127. The van der Waals surface area contributed by atoms with Crippen molar-refractivity contribution in [1.82, 2.24) is 4.98 Å². The van der Waals surface area contributed by atoms with Gasteiger partial charge in [-0.15, -0.1) is 0 Å². The molecule has 0 aliphatic carbocycles. The molecule has 0 bridgehead atoms. The molecule has 0 radical (unpaired) electrons. The van der Waals surface area contributed by atoms with Crippen LogP contribution in [0.3, 0.4) is 0 Å². The lowest BCUT2D eigenvalue weighted by atomic mass is 10.2. The molecule has 0 saturated heterocycles. The first-order valence-electron chi connectivity index (χ1n) is 2.95. The maximum absolute atomic E-state index is 12.1. The number of nitrogen functional groups attached to an aromatic ring is 1. The smallest absolute Gasteiger partial charge is 0.267 e. The average Bonchev–Trinajstić information content (AvgIpc) is 2.00. The fourth-order valence-corrected chi connectivity index (χ4v) is 1.11. The summed E-state index contributed by atoms with van der Waals surface area (Å²) in [5, 5.41) is 9.11. The third kappa shape index (κ3) is 1.57. The molecular formula is C6H5F2IN2O. The van der Waals surface area contributed by atoms with Crippen LogP contribution in [-0.4, -0.2) is 10.1 Å². The van der Waals surface area contributed by atoms with Crippen molar-refractivity contribution in [2.75, 3.05) is 5.73 Å². The van der Waals surface area contributed by atoms with Crippen LogP contribution in [0.1, 0.15) is 12.0 Å². The van der Waals surface area contributed by atoms with Crippen molar-refractivity contribution in [3.63, 3.8) is 0 Å². The standard InChI is InChI=1S/C6H5F2IN2O/c7-5(8)2-1-11-6(9)4(12)3(2)10/h1,5,12H,(H2,10,11). The van der Waals surface area contributed by atoms with E-state index in [2.05, 4.69) is 4.98 Å². The SMILES string of the molecule is Nc1c(C(F)F)cnc(I)c1O. The molecule has 1 aromatic heterocycles. The molecule has 0 saturated carbocycles. The van der Waals surface area contributed by atoms with Crippen LogP contribution in [0.5, 0.6) is 5.75 Å². The van der Waals surface area contributed by atoms with Gasteiger partial charge >= 0.3 is 0 Å². The van der Waals surface area contributed by atoms with Gasteiger partial charge in [-0.25, -0.2) is 13.8 Å². The van der Waals surface area contributed by atoms with Gasteiger partial charge in [-0.1, -0.05) is 0 Å². The summed E-state index contributed by atoms with van der Waals surface area (Å²) in [7, 11) is 0. The van der Waals surface area contributed by atoms with Gasteiger partial charge in [0.1, 0.15) is 3.70 Å². The van der Waals surface area contributed by atoms with Crippen LogP contribution in [0.2, 0.25) is 0 Å². The van der Waals surface area contributed by atoms with E-state index in [0.29, 0.717) is 0 Å². The maximum atomic E-state index is 12.1. The molecule has 12 heavy (non-hydrogen) atoms. The minimum atomic E-state index is -2.71. The van der Waals surface area contributed by atoms with Crippen molar-refractivity contribution in [2.45, 2.75) is 6.43 Å². The van der Waals surface area contributed by atoms with E-state index in [1.807, 2.05) is 0 Å². The summed E-state index contributed by atoms with van der Waals surface area (Å²) in [6.07, 6.45) is -1.75. The highest BCUT2D eigenvalue weighted by molar-refractivity contribution is 14.1. The van der Waals surface area contributed by atoms with Crippen LogP contribution in [0.25, 0.3) is 0 Å². The molecule has 66 valence electrons. The Morgan fingerprint density at radius 2 is 2.17 bits per heavy atom. The number of alkyl halides is 2. The number of rotatable bonds is 1. The second-order valence-electron chi connectivity index (χ2n) is 2.07. The third-order valence-corrected chi connectivity index (χ3v) is 2.10. The number of nitrogens with zero attached hydrogens (tertiary/aromatic N) is 1. The van der Waals surface area contributed by atoms with Crippen molar-refractivity contribution >= 4 is 28.3 Å². The molecule has 0 aromatic carbocycles. The average molecular weight is 286 g/mol. The summed E-state index contributed by atoms with van der Waals surface area (Å²) in [5.41, 5.74) is 4.47. The first-order chi connectivity index (χ1) is 5.54. The highest BCUT2D eigenvalue weighted by Gasteiger charge is 2.16. The largest absolute Gasteiger partial charge is 0.504 e. The van der Waals surface area contributed by atoms with Crippen molar-refractivity contribution in [3.8, 4) is 5.75 Å². The Labute approximate surface area is 80.7 Å². The number of halogens is 3. The molecule has 0 fully saturated rings. The van der Waals surface area contributed by atoms with Crippen molar-refractivity contribution in [3.05, 3.63) is 15.5 Å². The molecule has 0 unspecified atom stereocenters. The van der Waals surface area contributed by atoms with Gasteiger partial charge in [-0.05, 0) is 22.6 Å². The van der Waals surface area contributed by atoms with Crippen LogP contribution >= 0.6 is 22.6 Å². The van der Waals surface area contributed by atoms with E-state index >= 15 is 0 Å². The van der Waals surface area contributed by atoms with Gasteiger partial charge in [0, 0.05) is 6.20 Å². The summed E-state index contributed by atoms with van der Waals surface area (Å²) in [4.78, 5) is 3.54. The molecule has 1 rings (SSSR count). The van der Waals surface area contributed by atoms with Gasteiger partial charge in [0.05, 0.1) is 11.3 Å². The van der Waals surface area contributed by atoms with Crippen LogP contribution < -0.4 is 5.73 Å². The Bertz CT molecular complexity index is 306. The van der Waals surface area contributed by atoms with Crippen LogP contribution in [0.15, 0.2) is 6.20 Å². The third-order valence-electron chi connectivity index (χ3n) is 1.31. The first kappa shape index (κ1) is 9.43. The van der Waals surface area contributed by atoms with Gasteiger partial charge in [0.25, 0.3) is 6.43 Å².